The highest BCUT2D eigenvalue weighted by atomic mass is 15.1. The molecule has 1 aromatic carbocycles. The van der Waals surface area contributed by atoms with Crippen LogP contribution < -0.4 is 4.90 Å². The molecule has 1 rings (SSSR count). The predicted octanol–water partition coefficient (Wildman–Crippen LogP) is 2.68. The van der Waals surface area contributed by atoms with Gasteiger partial charge in [-0.2, -0.15) is 0 Å². The third-order valence-corrected chi connectivity index (χ3v) is 1.98. The van der Waals surface area contributed by atoms with Gasteiger partial charge in [-0.1, -0.05) is 30.2 Å². The quantitative estimate of drug-likeness (QED) is 0.517. The standard InChI is InChI=1S/C13H15N/c1-5-12-8-6-7-9-13(12)14(4)10-11(2)3/h1,6-9H,2,10H2,3-4H3. The number of nitrogens with zero attached hydrogens (tertiary/aromatic N) is 1. The molecule has 72 valence electrons. The number of likely N-dealkylation sites (N-methyl/N-ethyl adjacent to an activating group) is 1. The van der Waals surface area contributed by atoms with E-state index < -0.39 is 0 Å². The number of benzene rings is 1. The monoisotopic (exact) mass is 185 g/mol. The second-order valence-electron chi connectivity index (χ2n) is 3.47. The average Bonchev–Trinajstić information content (AvgIpc) is 2.16. The van der Waals surface area contributed by atoms with Crippen LogP contribution in [0.25, 0.3) is 0 Å². The fraction of sp³-hybridized carbons (Fsp3) is 0.231. The first-order valence-corrected chi connectivity index (χ1v) is 4.56. The SMILES string of the molecule is C#Cc1ccccc1N(C)CC(=C)C. The lowest BCUT2D eigenvalue weighted by Gasteiger charge is -2.20. The van der Waals surface area contributed by atoms with E-state index in [4.69, 9.17) is 6.42 Å². The summed E-state index contributed by atoms with van der Waals surface area (Å²) in [5.74, 6) is 2.68. The molecule has 0 radical (unpaired) electrons. The minimum absolute atomic E-state index is 0.832. The van der Waals surface area contributed by atoms with Gasteiger partial charge in [0, 0.05) is 19.2 Å². The maximum atomic E-state index is 5.42. The Labute approximate surface area is 86.1 Å². The molecule has 0 saturated carbocycles. The largest absolute Gasteiger partial charge is 0.370 e. The van der Waals surface area contributed by atoms with Gasteiger partial charge in [0.25, 0.3) is 0 Å². The van der Waals surface area contributed by atoms with Crippen molar-refractivity contribution in [1.82, 2.24) is 0 Å². The molecule has 0 aromatic heterocycles. The van der Waals surface area contributed by atoms with E-state index in [1.807, 2.05) is 38.2 Å². The number of hydrogen-bond acceptors (Lipinski definition) is 1. The van der Waals surface area contributed by atoms with E-state index in [-0.39, 0.29) is 0 Å². The van der Waals surface area contributed by atoms with Crippen molar-refractivity contribution >= 4 is 5.69 Å². The molecule has 0 spiro atoms. The van der Waals surface area contributed by atoms with Gasteiger partial charge in [-0.3, -0.25) is 0 Å². The van der Waals surface area contributed by atoms with Gasteiger partial charge in [-0.05, 0) is 19.1 Å². The maximum absolute atomic E-state index is 5.42. The summed E-state index contributed by atoms with van der Waals surface area (Å²) >= 11 is 0. The Hall–Kier alpha value is -1.68. The van der Waals surface area contributed by atoms with Gasteiger partial charge in [0.05, 0.1) is 5.69 Å². The summed E-state index contributed by atoms with van der Waals surface area (Å²) in [5.41, 5.74) is 3.13. The molecule has 0 amide bonds. The van der Waals surface area contributed by atoms with Gasteiger partial charge in [-0.15, -0.1) is 6.42 Å². The fourth-order valence-electron chi connectivity index (χ4n) is 1.42. The summed E-state index contributed by atoms with van der Waals surface area (Å²) in [6, 6.07) is 7.92. The summed E-state index contributed by atoms with van der Waals surface area (Å²) in [5, 5.41) is 0. The van der Waals surface area contributed by atoms with Gasteiger partial charge in [-0.25, -0.2) is 0 Å². The van der Waals surface area contributed by atoms with Gasteiger partial charge >= 0.3 is 0 Å². The van der Waals surface area contributed by atoms with E-state index in [9.17, 15) is 0 Å². The molecule has 0 unspecified atom stereocenters. The van der Waals surface area contributed by atoms with E-state index in [0.29, 0.717) is 0 Å². The van der Waals surface area contributed by atoms with Crippen molar-refractivity contribution < 1.29 is 0 Å². The lowest BCUT2D eigenvalue weighted by Crippen LogP contribution is -2.19. The van der Waals surface area contributed by atoms with Gasteiger partial charge in [0.15, 0.2) is 0 Å². The Morgan fingerprint density at radius 3 is 2.71 bits per heavy atom. The highest BCUT2D eigenvalue weighted by molar-refractivity contribution is 5.60. The maximum Gasteiger partial charge on any atom is 0.0525 e. The van der Waals surface area contributed by atoms with E-state index in [0.717, 1.165) is 23.4 Å². The molecular weight excluding hydrogens is 170 g/mol. The van der Waals surface area contributed by atoms with Crippen LogP contribution in [0.3, 0.4) is 0 Å². The van der Waals surface area contributed by atoms with Crippen molar-refractivity contribution in [2.45, 2.75) is 6.92 Å². The lowest BCUT2D eigenvalue weighted by atomic mass is 10.1. The van der Waals surface area contributed by atoms with Crippen LogP contribution in [0.1, 0.15) is 12.5 Å². The summed E-state index contributed by atoms with van der Waals surface area (Å²) in [6.07, 6.45) is 5.42. The lowest BCUT2D eigenvalue weighted by molar-refractivity contribution is 0.983. The van der Waals surface area contributed by atoms with Crippen LogP contribution in [0, 0.1) is 12.3 Å². The zero-order chi connectivity index (χ0) is 10.6. The number of hydrogen-bond donors (Lipinski definition) is 0. The van der Waals surface area contributed by atoms with Crippen LogP contribution in [-0.2, 0) is 0 Å². The molecule has 0 atom stereocenters. The predicted molar refractivity (Wildman–Crippen MR) is 62.5 cm³/mol. The first-order valence-electron chi connectivity index (χ1n) is 4.56. The molecule has 14 heavy (non-hydrogen) atoms. The Bertz CT molecular complexity index is 371. The average molecular weight is 185 g/mol. The fourth-order valence-corrected chi connectivity index (χ4v) is 1.42. The minimum Gasteiger partial charge on any atom is -0.370 e. The van der Waals surface area contributed by atoms with E-state index in [1.165, 1.54) is 0 Å². The van der Waals surface area contributed by atoms with Crippen LogP contribution in [0.2, 0.25) is 0 Å². The van der Waals surface area contributed by atoms with Crippen molar-refractivity contribution in [3.05, 3.63) is 42.0 Å². The molecule has 1 nitrogen and oxygen atoms in total. The first-order chi connectivity index (χ1) is 6.65. The molecule has 0 N–H and O–H groups in total. The van der Waals surface area contributed by atoms with Crippen LogP contribution in [0.5, 0.6) is 0 Å². The van der Waals surface area contributed by atoms with Crippen LogP contribution in [0.4, 0.5) is 5.69 Å². The minimum atomic E-state index is 0.832. The second kappa shape index (κ2) is 4.53. The Morgan fingerprint density at radius 2 is 2.14 bits per heavy atom. The Morgan fingerprint density at radius 1 is 1.50 bits per heavy atom. The summed E-state index contributed by atoms with van der Waals surface area (Å²) in [7, 11) is 2.02. The number of para-hydroxylation sites is 1. The van der Waals surface area contributed by atoms with Crippen molar-refractivity contribution in [3.8, 4) is 12.3 Å². The summed E-state index contributed by atoms with van der Waals surface area (Å²) < 4.78 is 0. The molecular formula is C13H15N. The third kappa shape index (κ3) is 2.40. The molecule has 0 aliphatic carbocycles. The smallest absolute Gasteiger partial charge is 0.0525 e. The van der Waals surface area contributed by atoms with Crippen molar-refractivity contribution in [3.63, 3.8) is 0 Å². The molecule has 0 aliphatic rings. The topological polar surface area (TPSA) is 3.24 Å². The van der Waals surface area contributed by atoms with Gasteiger partial charge in [0.1, 0.15) is 0 Å². The highest BCUT2D eigenvalue weighted by Gasteiger charge is 2.04. The van der Waals surface area contributed by atoms with Gasteiger partial charge in [0.2, 0.25) is 0 Å². The van der Waals surface area contributed by atoms with Gasteiger partial charge < -0.3 is 4.90 Å². The van der Waals surface area contributed by atoms with Crippen LogP contribution in [-0.4, -0.2) is 13.6 Å². The zero-order valence-electron chi connectivity index (χ0n) is 8.75. The zero-order valence-corrected chi connectivity index (χ0v) is 8.75. The number of rotatable bonds is 3. The third-order valence-electron chi connectivity index (χ3n) is 1.98. The number of terminal acetylenes is 1. The van der Waals surface area contributed by atoms with E-state index >= 15 is 0 Å². The molecule has 0 fully saturated rings. The molecule has 0 aliphatic heterocycles. The number of anilines is 1. The highest BCUT2D eigenvalue weighted by Crippen LogP contribution is 2.18. The van der Waals surface area contributed by atoms with Crippen molar-refractivity contribution in [2.24, 2.45) is 0 Å². The van der Waals surface area contributed by atoms with E-state index in [1.54, 1.807) is 0 Å². The Balaban J connectivity index is 2.95. The van der Waals surface area contributed by atoms with Crippen molar-refractivity contribution in [2.75, 3.05) is 18.5 Å². The molecule has 0 heterocycles. The molecule has 1 aromatic rings. The van der Waals surface area contributed by atoms with Crippen LogP contribution >= 0.6 is 0 Å². The van der Waals surface area contributed by atoms with Crippen molar-refractivity contribution in [1.29, 1.82) is 0 Å². The molecule has 0 bridgehead atoms. The summed E-state index contributed by atoms with van der Waals surface area (Å²) in [6.45, 7) is 6.72. The molecule has 0 saturated heterocycles. The normalized spacial score (nSPS) is 9.21. The molecule has 1 heteroatoms. The van der Waals surface area contributed by atoms with Crippen LogP contribution in [0.15, 0.2) is 36.4 Å². The second-order valence-corrected chi connectivity index (χ2v) is 3.47. The summed E-state index contributed by atoms with van der Waals surface area (Å²) in [4.78, 5) is 2.11. The first kappa shape index (κ1) is 10.4. The van der Waals surface area contributed by atoms with E-state index in [2.05, 4.69) is 17.4 Å². The Kier molecular flexibility index (Phi) is 3.36.